The molecule has 0 aliphatic rings. The van der Waals surface area contributed by atoms with Gasteiger partial charge in [0, 0.05) is 18.7 Å². The number of hydrogen-bond acceptors (Lipinski definition) is 4. The highest BCUT2D eigenvalue weighted by molar-refractivity contribution is 7.89. The Morgan fingerprint density at radius 1 is 1.12 bits per heavy atom. The van der Waals surface area contributed by atoms with Crippen LogP contribution in [0.2, 0.25) is 0 Å². The van der Waals surface area contributed by atoms with Gasteiger partial charge in [-0.1, -0.05) is 36.4 Å². The van der Waals surface area contributed by atoms with Crippen LogP contribution in [0, 0.1) is 0 Å². The summed E-state index contributed by atoms with van der Waals surface area (Å²) in [5.41, 5.74) is 1.06. The molecular formula is C17H20N2O4S. The Balaban J connectivity index is 2.10. The third-order valence-electron chi connectivity index (χ3n) is 3.27. The van der Waals surface area contributed by atoms with E-state index in [0.29, 0.717) is 0 Å². The number of carbonyl (C=O) groups is 1. The van der Waals surface area contributed by atoms with E-state index in [1.54, 1.807) is 6.92 Å². The molecule has 0 aromatic heterocycles. The molecule has 0 saturated carbocycles. The van der Waals surface area contributed by atoms with Crippen LogP contribution in [0.4, 0.5) is 0 Å². The van der Waals surface area contributed by atoms with Gasteiger partial charge in [-0.3, -0.25) is 4.79 Å². The van der Waals surface area contributed by atoms with E-state index < -0.39 is 22.0 Å². The number of nitrogens with one attached hydrogen (secondary N) is 2. The maximum Gasteiger partial charge on any atom is 0.251 e. The monoisotopic (exact) mass is 348 g/mol. The van der Waals surface area contributed by atoms with Gasteiger partial charge < -0.3 is 10.4 Å². The molecule has 6 nitrogen and oxygen atoms in total. The Hall–Kier alpha value is -2.22. The molecule has 0 aliphatic carbocycles. The lowest BCUT2D eigenvalue weighted by Crippen LogP contribution is -2.30. The lowest BCUT2D eigenvalue weighted by atomic mass is 10.2. The summed E-state index contributed by atoms with van der Waals surface area (Å²) in [5.74, 6) is -0.434. The van der Waals surface area contributed by atoms with Crippen LogP contribution in [0.3, 0.4) is 0 Å². The van der Waals surface area contributed by atoms with E-state index >= 15 is 0 Å². The molecule has 0 aliphatic heterocycles. The lowest BCUT2D eigenvalue weighted by molar-refractivity contribution is 0.0924. The van der Waals surface area contributed by atoms with Gasteiger partial charge in [0.05, 0.1) is 11.0 Å². The highest BCUT2D eigenvalue weighted by atomic mass is 32.2. The Morgan fingerprint density at radius 3 is 2.50 bits per heavy atom. The quantitative estimate of drug-likeness (QED) is 0.702. The molecular weight excluding hydrogens is 328 g/mol. The van der Waals surface area contributed by atoms with Crippen LogP contribution in [0.1, 0.15) is 22.8 Å². The molecule has 0 saturated heterocycles. The highest BCUT2D eigenvalue weighted by Crippen LogP contribution is 2.12. The van der Waals surface area contributed by atoms with Gasteiger partial charge in [0.1, 0.15) is 0 Å². The van der Waals surface area contributed by atoms with Crippen molar-refractivity contribution in [3.8, 4) is 0 Å². The van der Waals surface area contributed by atoms with Gasteiger partial charge in [-0.25, -0.2) is 13.1 Å². The number of carbonyl (C=O) groups excluding carboxylic acids is 1. The molecule has 128 valence electrons. The molecule has 0 heterocycles. The molecule has 1 amide bonds. The van der Waals surface area contributed by atoms with Crippen molar-refractivity contribution < 1.29 is 18.3 Å². The largest absolute Gasteiger partial charge is 0.392 e. The average Bonchev–Trinajstić information content (AvgIpc) is 2.59. The number of amides is 1. The molecule has 2 rings (SSSR count). The van der Waals surface area contributed by atoms with Crippen molar-refractivity contribution >= 4 is 15.9 Å². The number of benzene rings is 2. The normalized spacial score (nSPS) is 12.6. The number of sulfonamides is 1. The maximum absolute atomic E-state index is 12.4. The van der Waals surface area contributed by atoms with Crippen molar-refractivity contribution in [2.45, 2.75) is 24.5 Å². The zero-order chi connectivity index (χ0) is 17.6. The van der Waals surface area contributed by atoms with E-state index in [2.05, 4.69) is 10.0 Å². The Kier molecular flexibility index (Phi) is 6.08. The van der Waals surface area contributed by atoms with Crippen molar-refractivity contribution in [2.75, 3.05) is 6.54 Å². The van der Waals surface area contributed by atoms with Gasteiger partial charge >= 0.3 is 0 Å². The Bertz CT molecular complexity index is 789. The number of rotatable bonds is 7. The molecule has 1 atom stereocenters. The molecule has 1 unspecified atom stereocenters. The summed E-state index contributed by atoms with van der Waals surface area (Å²) in [7, 11) is -3.73. The smallest absolute Gasteiger partial charge is 0.251 e. The number of aliphatic hydroxyl groups excluding tert-OH is 1. The van der Waals surface area contributed by atoms with E-state index in [9.17, 15) is 18.3 Å². The summed E-state index contributed by atoms with van der Waals surface area (Å²) in [6, 6.07) is 14.9. The molecule has 24 heavy (non-hydrogen) atoms. The van der Waals surface area contributed by atoms with Gasteiger partial charge in [0.25, 0.3) is 5.91 Å². The Morgan fingerprint density at radius 2 is 1.83 bits per heavy atom. The molecule has 0 radical (unpaired) electrons. The van der Waals surface area contributed by atoms with E-state index in [-0.39, 0.29) is 23.5 Å². The van der Waals surface area contributed by atoms with Crippen LogP contribution < -0.4 is 10.0 Å². The summed E-state index contributed by atoms with van der Waals surface area (Å²) in [5, 5.41) is 11.7. The van der Waals surface area contributed by atoms with Gasteiger partial charge in [-0.05, 0) is 30.7 Å². The van der Waals surface area contributed by atoms with Crippen LogP contribution in [0.25, 0.3) is 0 Å². The molecule has 0 spiro atoms. The van der Waals surface area contributed by atoms with E-state index in [4.69, 9.17) is 0 Å². The Labute approximate surface area is 141 Å². The first-order valence-electron chi connectivity index (χ1n) is 7.48. The van der Waals surface area contributed by atoms with Crippen LogP contribution >= 0.6 is 0 Å². The van der Waals surface area contributed by atoms with Gasteiger partial charge in [-0.2, -0.15) is 0 Å². The fraction of sp³-hybridized carbons (Fsp3) is 0.235. The van der Waals surface area contributed by atoms with Crippen LogP contribution in [-0.4, -0.2) is 32.1 Å². The zero-order valence-electron chi connectivity index (χ0n) is 13.3. The summed E-state index contributed by atoms with van der Waals surface area (Å²) in [4.78, 5) is 12.0. The maximum atomic E-state index is 12.4. The standard InChI is InChI=1S/C17H20N2O4S/c1-13(20)11-18-17(21)15-8-5-9-16(10-15)24(22,23)19-12-14-6-3-2-4-7-14/h2-10,13,19-20H,11-12H2,1H3,(H,18,21). The molecule has 3 N–H and O–H groups in total. The van der Waals surface area contributed by atoms with Crippen molar-refractivity contribution in [2.24, 2.45) is 0 Å². The third kappa shape index (κ3) is 5.16. The average molecular weight is 348 g/mol. The van der Waals surface area contributed by atoms with Gasteiger partial charge in [-0.15, -0.1) is 0 Å². The van der Waals surface area contributed by atoms with Crippen molar-refractivity contribution in [3.63, 3.8) is 0 Å². The molecule has 0 fully saturated rings. The second kappa shape index (κ2) is 8.05. The van der Waals surface area contributed by atoms with Crippen molar-refractivity contribution in [3.05, 3.63) is 65.7 Å². The SMILES string of the molecule is CC(O)CNC(=O)c1cccc(S(=O)(=O)NCc2ccccc2)c1. The minimum Gasteiger partial charge on any atom is -0.392 e. The predicted octanol–water partition coefficient (Wildman–Crippen LogP) is 1.28. The van der Waals surface area contributed by atoms with Gasteiger partial charge in [0.15, 0.2) is 0 Å². The summed E-state index contributed by atoms with van der Waals surface area (Å²) >= 11 is 0. The van der Waals surface area contributed by atoms with Crippen LogP contribution in [-0.2, 0) is 16.6 Å². The fourth-order valence-corrected chi connectivity index (χ4v) is 3.07. The van der Waals surface area contributed by atoms with Crippen molar-refractivity contribution in [1.29, 1.82) is 0 Å². The lowest BCUT2D eigenvalue weighted by Gasteiger charge is -2.10. The second-order valence-electron chi connectivity index (χ2n) is 5.40. The van der Waals surface area contributed by atoms with Crippen LogP contribution in [0.5, 0.6) is 0 Å². The van der Waals surface area contributed by atoms with Gasteiger partial charge in [0.2, 0.25) is 10.0 Å². The summed E-state index contributed by atoms with van der Waals surface area (Å²) in [6.07, 6.45) is -0.673. The zero-order valence-corrected chi connectivity index (χ0v) is 14.1. The third-order valence-corrected chi connectivity index (χ3v) is 4.67. The van der Waals surface area contributed by atoms with E-state index in [1.165, 1.54) is 24.3 Å². The second-order valence-corrected chi connectivity index (χ2v) is 7.16. The summed E-state index contributed by atoms with van der Waals surface area (Å²) in [6.45, 7) is 1.82. The number of hydrogen-bond donors (Lipinski definition) is 3. The first-order valence-corrected chi connectivity index (χ1v) is 8.97. The first kappa shape index (κ1) is 18.1. The molecule has 2 aromatic carbocycles. The van der Waals surface area contributed by atoms with E-state index in [1.807, 2.05) is 30.3 Å². The van der Waals surface area contributed by atoms with Crippen LogP contribution in [0.15, 0.2) is 59.5 Å². The number of aliphatic hydroxyl groups is 1. The minimum atomic E-state index is -3.73. The molecule has 0 bridgehead atoms. The highest BCUT2D eigenvalue weighted by Gasteiger charge is 2.16. The first-order chi connectivity index (χ1) is 11.4. The van der Waals surface area contributed by atoms with E-state index in [0.717, 1.165) is 5.56 Å². The predicted molar refractivity (Wildman–Crippen MR) is 90.9 cm³/mol. The molecule has 7 heteroatoms. The summed E-state index contributed by atoms with van der Waals surface area (Å²) < 4.78 is 27.2. The fourth-order valence-electron chi connectivity index (χ4n) is 2.00. The minimum absolute atomic E-state index is 0.0168. The molecule has 2 aromatic rings. The topological polar surface area (TPSA) is 95.5 Å². The van der Waals surface area contributed by atoms with Crippen molar-refractivity contribution in [1.82, 2.24) is 10.0 Å².